The highest BCUT2D eigenvalue weighted by Gasteiger charge is 2.21. The summed E-state index contributed by atoms with van der Waals surface area (Å²) in [5.74, 6) is -0.488. The van der Waals surface area contributed by atoms with E-state index in [9.17, 15) is 14.6 Å². The predicted octanol–water partition coefficient (Wildman–Crippen LogP) is 1.92. The van der Waals surface area contributed by atoms with Gasteiger partial charge in [-0.15, -0.1) is 0 Å². The second kappa shape index (κ2) is 4.87. The van der Waals surface area contributed by atoms with Crippen LogP contribution in [-0.4, -0.2) is 21.6 Å². The molecule has 2 atom stereocenters. The summed E-state index contributed by atoms with van der Waals surface area (Å²) in [6.45, 7) is 1.70. The highest BCUT2D eigenvalue weighted by atomic mass is 79.9. The van der Waals surface area contributed by atoms with Crippen molar-refractivity contribution in [2.45, 2.75) is 19.1 Å². The Bertz CT molecular complexity index is 297. The number of halogens is 2. The van der Waals surface area contributed by atoms with Crippen LogP contribution in [0.25, 0.3) is 0 Å². The Morgan fingerprint density at radius 2 is 2.07 bits per heavy atom. The quantitative estimate of drug-likeness (QED) is 0.818. The summed E-state index contributed by atoms with van der Waals surface area (Å²) >= 11 is 3.03. The Labute approximate surface area is 90.5 Å². The number of aliphatic hydroxyl groups is 2. The zero-order chi connectivity index (χ0) is 10.7. The van der Waals surface area contributed by atoms with E-state index in [0.717, 1.165) is 0 Å². The highest BCUT2D eigenvalue weighted by Crippen LogP contribution is 2.24. The fraction of sp³-hybridized carbons (Fsp3) is 0.400. The predicted molar refractivity (Wildman–Crippen MR) is 55.9 cm³/mol. The largest absolute Gasteiger partial charge is 0.389 e. The van der Waals surface area contributed by atoms with Gasteiger partial charge in [0, 0.05) is 10.9 Å². The molecule has 78 valence electrons. The van der Waals surface area contributed by atoms with Crippen LogP contribution in [0.5, 0.6) is 0 Å². The van der Waals surface area contributed by atoms with Crippen LogP contribution in [0.4, 0.5) is 4.39 Å². The average Bonchev–Trinajstić information content (AvgIpc) is 2.16. The van der Waals surface area contributed by atoms with Crippen LogP contribution in [0.2, 0.25) is 0 Å². The monoisotopic (exact) mass is 262 g/mol. The first-order chi connectivity index (χ1) is 6.57. The normalized spacial score (nSPS) is 15.2. The molecule has 1 rings (SSSR count). The Morgan fingerprint density at radius 3 is 2.57 bits per heavy atom. The van der Waals surface area contributed by atoms with E-state index in [-0.39, 0.29) is 10.9 Å². The molecule has 1 aromatic carbocycles. The molecule has 0 heterocycles. The SMILES string of the molecule is Cc1cccc(F)c1C(O)C(O)CBr. The van der Waals surface area contributed by atoms with E-state index in [0.29, 0.717) is 5.56 Å². The maximum Gasteiger partial charge on any atom is 0.129 e. The molecule has 0 amide bonds. The zero-order valence-electron chi connectivity index (χ0n) is 7.74. The molecule has 0 aromatic heterocycles. The zero-order valence-corrected chi connectivity index (χ0v) is 9.33. The molecule has 0 aliphatic carbocycles. The highest BCUT2D eigenvalue weighted by molar-refractivity contribution is 9.09. The number of aliphatic hydroxyl groups excluding tert-OH is 2. The minimum absolute atomic E-state index is 0.166. The van der Waals surface area contributed by atoms with Crippen LogP contribution in [0.1, 0.15) is 17.2 Å². The van der Waals surface area contributed by atoms with E-state index in [4.69, 9.17) is 0 Å². The number of benzene rings is 1. The Morgan fingerprint density at radius 1 is 1.43 bits per heavy atom. The van der Waals surface area contributed by atoms with Gasteiger partial charge in [-0.3, -0.25) is 0 Å². The van der Waals surface area contributed by atoms with Crippen molar-refractivity contribution in [3.63, 3.8) is 0 Å². The van der Waals surface area contributed by atoms with Gasteiger partial charge >= 0.3 is 0 Å². The third-order valence-electron chi connectivity index (χ3n) is 2.09. The lowest BCUT2D eigenvalue weighted by Crippen LogP contribution is -2.21. The van der Waals surface area contributed by atoms with Crippen LogP contribution in [-0.2, 0) is 0 Å². The summed E-state index contributed by atoms with van der Waals surface area (Å²) in [4.78, 5) is 0. The van der Waals surface area contributed by atoms with Gasteiger partial charge in [0.1, 0.15) is 11.9 Å². The first kappa shape index (κ1) is 11.6. The molecule has 4 heteroatoms. The summed E-state index contributed by atoms with van der Waals surface area (Å²) < 4.78 is 13.3. The number of hydrogen-bond donors (Lipinski definition) is 2. The molecule has 0 saturated heterocycles. The van der Waals surface area contributed by atoms with Crippen LogP contribution in [0.3, 0.4) is 0 Å². The fourth-order valence-electron chi connectivity index (χ4n) is 1.30. The minimum Gasteiger partial charge on any atom is -0.389 e. The molecule has 2 unspecified atom stereocenters. The molecule has 2 N–H and O–H groups in total. The summed E-state index contributed by atoms with van der Waals surface area (Å²) in [5.41, 5.74) is 0.803. The second-order valence-electron chi connectivity index (χ2n) is 3.14. The van der Waals surface area contributed by atoms with Crippen LogP contribution >= 0.6 is 15.9 Å². The van der Waals surface area contributed by atoms with Gasteiger partial charge in [-0.1, -0.05) is 28.1 Å². The molecule has 0 fully saturated rings. The van der Waals surface area contributed by atoms with Gasteiger partial charge in [-0.25, -0.2) is 4.39 Å². The van der Waals surface area contributed by atoms with Crippen molar-refractivity contribution in [1.29, 1.82) is 0 Å². The fourth-order valence-corrected chi connectivity index (χ4v) is 1.65. The number of aryl methyl sites for hydroxylation is 1. The van der Waals surface area contributed by atoms with Crippen molar-refractivity contribution in [3.05, 3.63) is 35.1 Å². The second-order valence-corrected chi connectivity index (χ2v) is 3.78. The molecular weight excluding hydrogens is 251 g/mol. The first-order valence-corrected chi connectivity index (χ1v) is 5.37. The maximum absolute atomic E-state index is 13.3. The molecule has 0 aliphatic rings. The van der Waals surface area contributed by atoms with E-state index >= 15 is 0 Å². The maximum atomic E-state index is 13.3. The molecule has 2 nitrogen and oxygen atoms in total. The van der Waals surface area contributed by atoms with Crippen molar-refractivity contribution >= 4 is 15.9 Å². The van der Waals surface area contributed by atoms with Crippen LogP contribution < -0.4 is 0 Å². The van der Waals surface area contributed by atoms with Gasteiger partial charge in [0.2, 0.25) is 0 Å². The molecular formula is C10H12BrFO2. The lowest BCUT2D eigenvalue weighted by atomic mass is 10.00. The Balaban J connectivity index is 3.05. The lowest BCUT2D eigenvalue weighted by Gasteiger charge is -2.18. The molecule has 0 radical (unpaired) electrons. The van der Waals surface area contributed by atoms with E-state index < -0.39 is 18.0 Å². The summed E-state index contributed by atoms with van der Waals surface area (Å²) in [6.07, 6.45) is -2.18. The molecule has 0 bridgehead atoms. The van der Waals surface area contributed by atoms with Crippen molar-refractivity contribution in [2.24, 2.45) is 0 Å². The van der Waals surface area contributed by atoms with Crippen molar-refractivity contribution in [1.82, 2.24) is 0 Å². The van der Waals surface area contributed by atoms with E-state index in [2.05, 4.69) is 15.9 Å². The molecule has 0 spiro atoms. The summed E-state index contributed by atoms with van der Waals surface area (Å²) in [6, 6.07) is 4.54. The molecule has 0 aliphatic heterocycles. The molecule has 0 saturated carbocycles. The Kier molecular flexibility index (Phi) is 4.04. The van der Waals surface area contributed by atoms with Gasteiger partial charge in [0.15, 0.2) is 0 Å². The van der Waals surface area contributed by atoms with Gasteiger partial charge < -0.3 is 10.2 Å². The smallest absolute Gasteiger partial charge is 0.129 e. The van der Waals surface area contributed by atoms with Crippen molar-refractivity contribution < 1.29 is 14.6 Å². The third kappa shape index (κ3) is 2.32. The van der Waals surface area contributed by atoms with Crippen LogP contribution in [0.15, 0.2) is 18.2 Å². The first-order valence-electron chi connectivity index (χ1n) is 4.25. The summed E-state index contributed by atoms with van der Waals surface area (Å²) in [7, 11) is 0. The van der Waals surface area contributed by atoms with Crippen molar-refractivity contribution in [3.8, 4) is 0 Å². The summed E-state index contributed by atoms with van der Waals surface area (Å²) in [5, 5.41) is 19.2. The number of alkyl halides is 1. The minimum atomic E-state index is -1.18. The van der Waals surface area contributed by atoms with Gasteiger partial charge in [0.25, 0.3) is 0 Å². The van der Waals surface area contributed by atoms with E-state index in [1.54, 1.807) is 19.1 Å². The number of hydrogen-bond acceptors (Lipinski definition) is 2. The van der Waals surface area contributed by atoms with E-state index in [1.807, 2.05) is 0 Å². The third-order valence-corrected chi connectivity index (χ3v) is 2.75. The van der Waals surface area contributed by atoms with E-state index in [1.165, 1.54) is 6.07 Å². The number of rotatable bonds is 3. The van der Waals surface area contributed by atoms with Crippen LogP contribution in [0, 0.1) is 12.7 Å². The lowest BCUT2D eigenvalue weighted by molar-refractivity contribution is 0.0316. The standard InChI is InChI=1S/C10H12BrFO2/c1-6-3-2-4-7(12)9(6)10(14)8(13)5-11/h2-4,8,10,13-14H,5H2,1H3. The van der Waals surface area contributed by atoms with Gasteiger partial charge in [-0.2, -0.15) is 0 Å². The topological polar surface area (TPSA) is 40.5 Å². The molecule has 1 aromatic rings. The molecule has 14 heavy (non-hydrogen) atoms. The van der Waals surface area contributed by atoms with Crippen molar-refractivity contribution in [2.75, 3.05) is 5.33 Å². The average molecular weight is 263 g/mol. The Hall–Kier alpha value is -0.450. The van der Waals surface area contributed by atoms with Gasteiger partial charge in [0.05, 0.1) is 6.10 Å². The van der Waals surface area contributed by atoms with Gasteiger partial charge in [-0.05, 0) is 18.6 Å².